The number of nitrogens with one attached hydrogen (secondary N) is 2. The number of nitrogens with zero attached hydrogens (tertiary/aromatic N) is 2. The van der Waals surface area contributed by atoms with Gasteiger partial charge in [0.15, 0.2) is 0 Å². The van der Waals surface area contributed by atoms with E-state index < -0.39 is 0 Å². The molecule has 2 heterocycles. The van der Waals surface area contributed by atoms with E-state index in [-0.39, 0.29) is 17.2 Å². The maximum atomic E-state index is 11.6. The Hall–Kier alpha value is -1.20. The van der Waals surface area contributed by atoms with Crippen molar-refractivity contribution in [1.29, 1.82) is 0 Å². The average Bonchev–Trinajstić information content (AvgIpc) is 2.70. The van der Waals surface area contributed by atoms with Crippen LogP contribution in [0, 0.1) is 0 Å². The summed E-state index contributed by atoms with van der Waals surface area (Å²) >= 11 is 5.60. The molecule has 5 nitrogen and oxygen atoms in total. The zero-order chi connectivity index (χ0) is 10.7. The molecule has 1 amide bonds. The van der Waals surface area contributed by atoms with Gasteiger partial charge in [0.05, 0.1) is 6.04 Å². The number of halogens is 1. The van der Waals surface area contributed by atoms with Gasteiger partial charge in [0.1, 0.15) is 5.82 Å². The Morgan fingerprint density at radius 1 is 1.67 bits per heavy atom. The van der Waals surface area contributed by atoms with Crippen LogP contribution in [0.5, 0.6) is 0 Å². The van der Waals surface area contributed by atoms with E-state index in [2.05, 4.69) is 20.6 Å². The van der Waals surface area contributed by atoms with Gasteiger partial charge >= 0.3 is 0 Å². The van der Waals surface area contributed by atoms with Crippen LogP contribution in [0.25, 0.3) is 0 Å². The first kappa shape index (κ1) is 10.3. The van der Waals surface area contributed by atoms with Crippen LogP contribution in [0.1, 0.15) is 12.8 Å². The third kappa shape index (κ3) is 2.64. The predicted molar refractivity (Wildman–Crippen MR) is 56.7 cm³/mol. The molecule has 1 atom stereocenters. The van der Waals surface area contributed by atoms with Crippen LogP contribution < -0.4 is 10.6 Å². The molecular weight excluding hydrogens is 216 g/mol. The lowest BCUT2D eigenvalue weighted by molar-refractivity contribution is -0.117. The quantitative estimate of drug-likeness (QED) is 0.733. The van der Waals surface area contributed by atoms with Gasteiger partial charge < -0.3 is 10.6 Å². The summed E-state index contributed by atoms with van der Waals surface area (Å²) in [5.74, 6) is 0.371. The topological polar surface area (TPSA) is 66.9 Å². The molecule has 1 aliphatic heterocycles. The second kappa shape index (κ2) is 4.55. The fourth-order valence-corrected chi connectivity index (χ4v) is 1.67. The summed E-state index contributed by atoms with van der Waals surface area (Å²) in [5, 5.41) is 5.92. The lowest BCUT2D eigenvalue weighted by Gasteiger charge is -2.09. The van der Waals surface area contributed by atoms with Crippen molar-refractivity contribution in [2.24, 2.45) is 0 Å². The lowest BCUT2D eigenvalue weighted by atomic mass is 10.2. The molecule has 1 fully saturated rings. The van der Waals surface area contributed by atoms with Crippen molar-refractivity contribution in [3.05, 3.63) is 17.5 Å². The largest absolute Gasteiger partial charge is 0.309 e. The zero-order valence-electron chi connectivity index (χ0n) is 8.03. The Balaban J connectivity index is 1.99. The number of hydrogen-bond acceptors (Lipinski definition) is 4. The highest BCUT2D eigenvalue weighted by Gasteiger charge is 2.22. The first-order chi connectivity index (χ1) is 7.25. The molecule has 1 aromatic heterocycles. The summed E-state index contributed by atoms with van der Waals surface area (Å²) in [4.78, 5) is 19.3. The predicted octanol–water partition coefficient (Wildman–Crippen LogP) is 0.820. The normalized spacial score (nSPS) is 20.2. The molecule has 6 heteroatoms. The smallest absolute Gasteiger partial charge is 0.242 e. The van der Waals surface area contributed by atoms with Crippen LogP contribution in [-0.2, 0) is 4.79 Å². The number of hydrogen-bond donors (Lipinski definition) is 2. The van der Waals surface area contributed by atoms with E-state index in [0.29, 0.717) is 5.82 Å². The molecule has 0 bridgehead atoms. The lowest BCUT2D eigenvalue weighted by Crippen LogP contribution is -2.35. The first-order valence-corrected chi connectivity index (χ1v) is 5.16. The highest BCUT2D eigenvalue weighted by atomic mass is 35.5. The number of carbonyl (C=O) groups is 1. The molecule has 0 saturated carbocycles. The van der Waals surface area contributed by atoms with Crippen LogP contribution in [0.3, 0.4) is 0 Å². The minimum absolute atomic E-state index is 0.0673. The Morgan fingerprint density at radius 3 is 3.20 bits per heavy atom. The van der Waals surface area contributed by atoms with Gasteiger partial charge in [0.25, 0.3) is 0 Å². The molecule has 80 valence electrons. The number of carbonyl (C=O) groups excluding carboxylic acids is 1. The van der Waals surface area contributed by atoms with E-state index in [1.165, 1.54) is 6.20 Å². The molecule has 2 rings (SSSR count). The number of amides is 1. The van der Waals surface area contributed by atoms with Crippen LogP contribution in [0.4, 0.5) is 5.82 Å². The second-order valence-corrected chi connectivity index (χ2v) is 3.69. The summed E-state index contributed by atoms with van der Waals surface area (Å²) in [5.41, 5.74) is 0. The van der Waals surface area contributed by atoms with Gasteiger partial charge in [0.2, 0.25) is 11.2 Å². The first-order valence-electron chi connectivity index (χ1n) is 4.78. The van der Waals surface area contributed by atoms with Crippen molar-refractivity contribution in [3.63, 3.8) is 0 Å². The van der Waals surface area contributed by atoms with Crippen LogP contribution in [0.2, 0.25) is 5.28 Å². The highest BCUT2D eigenvalue weighted by Crippen LogP contribution is 2.10. The van der Waals surface area contributed by atoms with Crippen molar-refractivity contribution in [1.82, 2.24) is 15.3 Å². The summed E-state index contributed by atoms with van der Waals surface area (Å²) < 4.78 is 0. The van der Waals surface area contributed by atoms with Gasteiger partial charge in [-0.3, -0.25) is 4.79 Å². The van der Waals surface area contributed by atoms with E-state index in [1.54, 1.807) is 6.07 Å². The number of aromatic nitrogens is 2. The molecule has 0 radical (unpaired) electrons. The minimum Gasteiger partial charge on any atom is -0.309 e. The third-order valence-electron chi connectivity index (χ3n) is 2.25. The molecule has 1 aliphatic rings. The Morgan fingerprint density at radius 2 is 2.53 bits per heavy atom. The van der Waals surface area contributed by atoms with Crippen molar-refractivity contribution in [2.45, 2.75) is 18.9 Å². The van der Waals surface area contributed by atoms with Crippen molar-refractivity contribution in [3.8, 4) is 0 Å². The van der Waals surface area contributed by atoms with Crippen molar-refractivity contribution < 1.29 is 4.79 Å². The monoisotopic (exact) mass is 226 g/mol. The van der Waals surface area contributed by atoms with Crippen molar-refractivity contribution in [2.75, 3.05) is 11.9 Å². The van der Waals surface area contributed by atoms with E-state index >= 15 is 0 Å². The van der Waals surface area contributed by atoms with Gasteiger partial charge in [-0.05, 0) is 37.1 Å². The van der Waals surface area contributed by atoms with Crippen LogP contribution in [-0.4, -0.2) is 28.5 Å². The van der Waals surface area contributed by atoms with Crippen molar-refractivity contribution >= 4 is 23.3 Å². The number of rotatable bonds is 2. The third-order valence-corrected chi connectivity index (χ3v) is 2.44. The Kier molecular flexibility index (Phi) is 3.13. The molecular formula is C9H11ClN4O. The molecule has 1 aromatic rings. The Bertz CT molecular complexity index is 365. The molecule has 15 heavy (non-hydrogen) atoms. The molecule has 0 aliphatic carbocycles. The van der Waals surface area contributed by atoms with E-state index in [9.17, 15) is 4.79 Å². The average molecular weight is 227 g/mol. The summed E-state index contributed by atoms with van der Waals surface area (Å²) in [6.45, 7) is 0.891. The fourth-order valence-electron chi connectivity index (χ4n) is 1.53. The van der Waals surface area contributed by atoms with Gasteiger partial charge in [-0.25, -0.2) is 9.97 Å². The molecule has 0 aromatic carbocycles. The standard InChI is InChI=1S/C9H11ClN4O/c10-9-12-5-3-7(14-9)13-8(15)6-2-1-4-11-6/h3,5-6,11H,1-2,4H2,(H,12,13,14,15). The molecule has 1 saturated heterocycles. The van der Waals surface area contributed by atoms with Gasteiger partial charge in [-0.1, -0.05) is 0 Å². The minimum atomic E-state index is -0.112. The molecule has 1 unspecified atom stereocenters. The van der Waals surface area contributed by atoms with E-state index in [4.69, 9.17) is 11.6 Å². The van der Waals surface area contributed by atoms with E-state index in [0.717, 1.165) is 19.4 Å². The van der Waals surface area contributed by atoms with Gasteiger partial charge in [-0.2, -0.15) is 0 Å². The van der Waals surface area contributed by atoms with Crippen LogP contribution in [0.15, 0.2) is 12.3 Å². The zero-order valence-corrected chi connectivity index (χ0v) is 8.79. The second-order valence-electron chi connectivity index (χ2n) is 3.35. The van der Waals surface area contributed by atoms with Gasteiger partial charge in [-0.15, -0.1) is 0 Å². The van der Waals surface area contributed by atoms with Gasteiger partial charge in [0, 0.05) is 6.20 Å². The molecule has 2 N–H and O–H groups in total. The SMILES string of the molecule is O=C(Nc1ccnc(Cl)n1)C1CCCN1. The van der Waals surface area contributed by atoms with E-state index in [1.807, 2.05) is 0 Å². The summed E-state index contributed by atoms with van der Waals surface area (Å²) in [6, 6.07) is 1.50. The summed E-state index contributed by atoms with van der Waals surface area (Å²) in [6.07, 6.45) is 3.40. The fraction of sp³-hybridized carbons (Fsp3) is 0.444. The highest BCUT2D eigenvalue weighted by molar-refractivity contribution is 6.28. The Labute approximate surface area is 92.3 Å². The van der Waals surface area contributed by atoms with Crippen LogP contribution >= 0.6 is 11.6 Å². The maximum Gasteiger partial charge on any atom is 0.242 e. The molecule has 0 spiro atoms. The summed E-state index contributed by atoms with van der Waals surface area (Å²) in [7, 11) is 0. The maximum absolute atomic E-state index is 11.6. The number of anilines is 1.